The van der Waals surface area contributed by atoms with Gasteiger partial charge in [0, 0.05) is 18.1 Å². The molecule has 3 aromatic rings. The van der Waals surface area contributed by atoms with Gasteiger partial charge < -0.3 is 4.90 Å². The van der Waals surface area contributed by atoms with E-state index in [0.717, 1.165) is 21.1 Å². The molecule has 3 rings (SSSR count). The average Bonchev–Trinajstić information content (AvgIpc) is 2.55. The normalized spacial score (nSPS) is 10.6. The van der Waals surface area contributed by atoms with Gasteiger partial charge in [0.05, 0.1) is 17.2 Å². The van der Waals surface area contributed by atoms with E-state index in [-0.39, 0.29) is 5.91 Å². The molecular weight excluding hydrogens is 342 g/mol. The van der Waals surface area contributed by atoms with Crippen molar-refractivity contribution in [2.24, 2.45) is 0 Å². The molecule has 0 bridgehead atoms. The van der Waals surface area contributed by atoms with Gasteiger partial charge in [0.1, 0.15) is 5.69 Å². The number of hydrogen-bond acceptors (Lipinski definition) is 3. The lowest BCUT2D eigenvalue weighted by Crippen LogP contribution is -2.27. The van der Waals surface area contributed by atoms with Gasteiger partial charge in [-0.2, -0.15) is 0 Å². The highest BCUT2D eigenvalue weighted by molar-refractivity contribution is 9.10. The van der Waals surface area contributed by atoms with Crippen molar-refractivity contribution in [3.63, 3.8) is 0 Å². The summed E-state index contributed by atoms with van der Waals surface area (Å²) in [6.07, 6.45) is 1.53. The largest absolute Gasteiger partial charge is 0.336 e. The number of amides is 1. The van der Waals surface area contributed by atoms with Crippen molar-refractivity contribution in [2.75, 3.05) is 7.05 Å². The van der Waals surface area contributed by atoms with Gasteiger partial charge in [0.15, 0.2) is 0 Å². The average molecular weight is 356 g/mol. The van der Waals surface area contributed by atoms with E-state index in [1.54, 1.807) is 11.9 Å². The zero-order valence-corrected chi connectivity index (χ0v) is 13.6. The lowest BCUT2D eigenvalue weighted by atomic mass is 10.2. The number of rotatable bonds is 3. The van der Waals surface area contributed by atoms with E-state index in [2.05, 4.69) is 25.9 Å². The van der Waals surface area contributed by atoms with Crippen molar-refractivity contribution < 1.29 is 4.79 Å². The van der Waals surface area contributed by atoms with Gasteiger partial charge in [-0.25, -0.2) is 4.98 Å². The fourth-order valence-corrected chi connectivity index (χ4v) is 2.62. The summed E-state index contributed by atoms with van der Waals surface area (Å²) in [4.78, 5) is 22.8. The third-order valence-corrected chi connectivity index (χ3v) is 4.15. The summed E-state index contributed by atoms with van der Waals surface area (Å²) in [7, 11) is 1.76. The number of hydrogen-bond donors (Lipinski definition) is 0. The van der Waals surface area contributed by atoms with Crippen LogP contribution in [0.25, 0.3) is 11.0 Å². The highest BCUT2D eigenvalue weighted by Gasteiger charge is 2.15. The Morgan fingerprint density at radius 1 is 1.09 bits per heavy atom. The molecule has 0 radical (unpaired) electrons. The van der Waals surface area contributed by atoms with Crippen molar-refractivity contribution in [1.29, 1.82) is 0 Å². The minimum atomic E-state index is -0.144. The third-order valence-electron chi connectivity index (χ3n) is 3.38. The number of carbonyl (C=O) groups is 1. The van der Waals surface area contributed by atoms with Crippen LogP contribution in [-0.4, -0.2) is 27.8 Å². The Morgan fingerprint density at radius 2 is 1.77 bits per heavy atom. The molecule has 0 unspecified atom stereocenters. The van der Waals surface area contributed by atoms with Crippen LogP contribution in [0.5, 0.6) is 0 Å². The fourth-order valence-electron chi connectivity index (χ4n) is 2.21. The van der Waals surface area contributed by atoms with Gasteiger partial charge in [-0.3, -0.25) is 9.78 Å². The van der Waals surface area contributed by atoms with Crippen LogP contribution < -0.4 is 0 Å². The highest BCUT2D eigenvalue weighted by Crippen LogP contribution is 2.18. The molecule has 0 saturated carbocycles. The Bertz CT molecular complexity index is 835. The van der Waals surface area contributed by atoms with E-state index in [0.29, 0.717) is 12.2 Å². The van der Waals surface area contributed by atoms with Crippen molar-refractivity contribution in [1.82, 2.24) is 14.9 Å². The van der Waals surface area contributed by atoms with Crippen molar-refractivity contribution in [3.8, 4) is 0 Å². The summed E-state index contributed by atoms with van der Waals surface area (Å²) < 4.78 is 0.985. The van der Waals surface area contributed by atoms with Gasteiger partial charge in [-0.1, -0.05) is 46.3 Å². The van der Waals surface area contributed by atoms with Crippen LogP contribution in [-0.2, 0) is 6.54 Å². The first-order chi connectivity index (χ1) is 10.6. The molecule has 0 aliphatic rings. The number of nitrogens with zero attached hydrogens (tertiary/aromatic N) is 3. The first kappa shape index (κ1) is 14.7. The second kappa shape index (κ2) is 6.23. The maximum atomic E-state index is 12.5. The first-order valence-electron chi connectivity index (χ1n) is 6.86. The zero-order valence-electron chi connectivity index (χ0n) is 12.0. The monoisotopic (exact) mass is 355 g/mol. The van der Waals surface area contributed by atoms with Crippen LogP contribution in [0.2, 0.25) is 0 Å². The summed E-state index contributed by atoms with van der Waals surface area (Å²) in [5, 5.41) is 0. The molecule has 0 N–H and O–H groups in total. The second-order valence-corrected chi connectivity index (χ2v) is 5.85. The molecule has 4 nitrogen and oxygen atoms in total. The van der Waals surface area contributed by atoms with Gasteiger partial charge in [0.2, 0.25) is 0 Å². The Labute approximate surface area is 136 Å². The minimum absolute atomic E-state index is 0.144. The van der Waals surface area contributed by atoms with Crippen LogP contribution in [0.1, 0.15) is 16.1 Å². The second-order valence-electron chi connectivity index (χ2n) is 5.00. The summed E-state index contributed by atoms with van der Waals surface area (Å²) in [6.45, 7) is 0.509. The smallest absolute Gasteiger partial charge is 0.274 e. The summed E-state index contributed by atoms with van der Waals surface area (Å²) in [6, 6.07) is 15.4. The highest BCUT2D eigenvalue weighted by atomic mass is 79.9. The third kappa shape index (κ3) is 2.99. The summed E-state index contributed by atoms with van der Waals surface area (Å²) in [5.41, 5.74) is 2.91. The van der Waals surface area contributed by atoms with E-state index < -0.39 is 0 Å². The molecule has 110 valence electrons. The fraction of sp³-hybridized carbons (Fsp3) is 0.118. The molecule has 5 heteroatoms. The van der Waals surface area contributed by atoms with Crippen molar-refractivity contribution in [2.45, 2.75) is 6.54 Å². The van der Waals surface area contributed by atoms with E-state index in [1.165, 1.54) is 6.20 Å². The quantitative estimate of drug-likeness (QED) is 0.720. The number of fused-ring (bicyclic) bond motifs is 1. The Hall–Kier alpha value is -2.27. The number of para-hydroxylation sites is 2. The van der Waals surface area contributed by atoms with Crippen LogP contribution in [0.4, 0.5) is 0 Å². The molecule has 1 amide bonds. The summed E-state index contributed by atoms with van der Waals surface area (Å²) >= 11 is 3.50. The topological polar surface area (TPSA) is 46.1 Å². The molecule has 0 spiro atoms. The first-order valence-corrected chi connectivity index (χ1v) is 7.65. The number of halogens is 1. The van der Waals surface area contributed by atoms with Gasteiger partial charge >= 0.3 is 0 Å². The van der Waals surface area contributed by atoms with Gasteiger partial charge in [0.25, 0.3) is 5.91 Å². The molecule has 0 aliphatic heterocycles. The van der Waals surface area contributed by atoms with E-state index in [1.807, 2.05) is 48.5 Å². The number of carbonyl (C=O) groups excluding carboxylic acids is 1. The molecule has 1 aromatic heterocycles. The molecule has 0 fully saturated rings. The molecule has 22 heavy (non-hydrogen) atoms. The maximum absolute atomic E-state index is 12.5. The van der Waals surface area contributed by atoms with Crippen LogP contribution >= 0.6 is 15.9 Å². The molecule has 0 saturated heterocycles. The maximum Gasteiger partial charge on any atom is 0.274 e. The van der Waals surface area contributed by atoms with E-state index >= 15 is 0 Å². The zero-order chi connectivity index (χ0) is 15.5. The van der Waals surface area contributed by atoms with Crippen LogP contribution in [0.15, 0.2) is 59.2 Å². The molecule has 0 atom stereocenters. The molecule has 1 heterocycles. The molecule has 0 aliphatic carbocycles. The SMILES string of the molecule is CN(Cc1ccccc1Br)C(=O)c1cnc2ccccc2n1. The van der Waals surface area contributed by atoms with Crippen LogP contribution in [0, 0.1) is 0 Å². The predicted octanol–water partition coefficient (Wildman–Crippen LogP) is 3.66. The van der Waals surface area contributed by atoms with Gasteiger partial charge in [-0.15, -0.1) is 0 Å². The number of aromatic nitrogens is 2. The Balaban J connectivity index is 1.84. The minimum Gasteiger partial charge on any atom is -0.336 e. The summed E-state index contributed by atoms with van der Waals surface area (Å²) in [5.74, 6) is -0.144. The lowest BCUT2D eigenvalue weighted by Gasteiger charge is -2.17. The number of benzene rings is 2. The molecular formula is C17H14BrN3O. The Morgan fingerprint density at radius 3 is 2.55 bits per heavy atom. The van der Waals surface area contributed by atoms with Gasteiger partial charge in [-0.05, 0) is 23.8 Å². The van der Waals surface area contributed by atoms with Crippen molar-refractivity contribution in [3.05, 3.63) is 70.5 Å². The van der Waals surface area contributed by atoms with Crippen molar-refractivity contribution >= 4 is 32.9 Å². The standard InChI is InChI=1S/C17H14BrN3O/c1-21(11-12-6-2-3-7-13(12)18)17(22)16-10-19-14-8-4-5-9-15(14)20-16/h2-10H,11H2,1H3. The lowest BCUT2D eigenvalue weighted by molar-refractivity contribution is 0.0779. The molecule has 2 aromatic carbocycles. The van der Waals surface area contributed by atoms with E-state index in [9.17, 15) is 4.79 Å². The Kier molecular flexibility index (Phi) is 4.15. The van der Waals surface area contributed by atoms with E-state index in [4.69, 9.17) is 0 Å². The van der Waals surface area contributed by atoms with Crippen LogP contribution in [0.3, 0.4) is 0 Å². The predicted molar refractivity (Wildman–Crippen MR) is 89.5 cm³/mol.